The second kappa shape index (κ2) is 9.43. The van der Waals surface area contributed by atoms with Gasteiger partial charge in [0.1, 0.15) is 11.4 Å². The summed E-state index contributed by atoms with van der Waals surface area (Å²) in [6.07, 6.45) is -3.01. The Morgan fingerprint density at radius 2 is 1.82 bits per heavy atom. The number of halogens is 3. The van der Waals surface area contributed by atoms with E-state index in [1.807, 2.05) is 12.1 Å². The highest BCUT2D eigenvalue weighted by Gasteiger charge is 2.35. The van der Waals surface area contributed by atoms with Crippen molar-refractivity contribution >= 4 is 27.6 Å². The number of ether oxygens (including phenoxy) is 2. The number of carbonyl (C=O) groups excluding carboxylic acids is 1. The third kappa shape index (κ3) is 4.38. The molecular weight excluding hydrogens is 523 g/mol. The van der Waals surface area contributed by atoms with E-state index in [1.165, 1.54) is 24.7 Å². The first kappa shape index (κ1) is 25.7. The molecule has 0 saturated carbocycles. The highest BCUT2D eigenvalue weighted by atomic mass is 32.1. The second-order valence-corrected chi connectivity index (χ2v) is 9.81. The molecule has 0 radical (unpaired) electrons. The summed E-state index contributed by atoms with van der Waals surface area (Å²) >= 11 is 1.19. The van der Waals surface area contributed by atoms with E-state index in [1.54, 1.807) is 19.1 Å². The molecule has 0 fully saturated rings. The highest BCUT2D eigenvalue weighted by Crippen LogP contribution is 2.41. The maximum atomic E-state index is 13.3. The van der Waals surface area contributed by atoms with Crippen LogP contribution in [0, 0.1) is 0 Å². The van der Waals surface area contributed by atoms with Crippen LogP contribution >= 0.6 is 11.5 Å². The molecule has 0 amide bonds. The third-order valence-corrected chi connectivity index (χ3v) is 7.43. The van der Waals surface area contributed by atoms with Gasteiger partial charge in [-0.25, -0.2) is 14.2 Å². The smallest absolute Gasteiger partial charge is 0.431 e. The van der Waals surface area contributed by atoms with E-state index < -0.39 is 35.2 Å². The Morgan fingerprint density at radius 1 is 1.11 bits per heavy atom. The maximum absolute atomic E-state index is 13.3. The average molecular weight is 546 g/mol. The van der Waals surface area contributed by atoms with E-state index in [4.69, 9.17) is 9.47 Å². The monoisotopic (exact) mass is 545 g/mol. The lowest BCUT2D eigenvalue weighted by molar-refractivity contribution is -0.148. The lowest BCUT2D eigenvalue weighted by Gasteiger charge is -2.17. The summed E-state index contributed by atoms with van der Waals surface area (Å²) in [6.45, 7) is 1.58. The molecule has 8 nitrogen and oxygen atoms in total. The number of esters is 1. The molecule has 0 spiro atoms. The number of aryl methyl sites for hydroxylation is 2. The van der Waals surface area contributed by atoms with Crippen molar-refractivity contribution in [3.8, 4) is 22.7 Å². The SMILES string of the molecule is COC(=O)C(C)Oc1cc2c(cc1-c1nsc3ccc(-n4c(=O)cc(C(F)(F)F)n(C)c4=O)cc13)CCC2. The molecule has 5 rings (SSSR count). The third-order valence-electron chi connectivity index (χ3n) is 6.61. The van der Waals surface area contributed by atoms with Gasteiger partial charge in [0.25, 0.3) is 5.56 Å². The topological polar surface area (TPSA) is 92.4 Å². The van der Waals surface area contributed by atoms with E-state index in [0.717, 1.165) is 42.1 Å². The lowest BCUT2D eigenvalue weighted by atomic mass is 10.0. The quantitative estimate of drug-likeness (QED) is 0.348. The Kier molecular flexibility index (Phi) is 6.38. The van der Waals surface area contributed by atoms with Gasteiger partial charge < -0.3 is 9.47 Å². The molecule has 2 heterocycles. The molecule has 1 unspecified atom stereocenters. The Hall–Kier alpha value is -3.93. The molecule has 0 bridgehead atoms. The molecule has 0 N–H and O–H groups in total. The van der Waals surface area contributed by atoms with Gasteiger partial charge in [-0.1, -0.05) is 0 Å². The standard InChI is InChI=1S/C26H22F3N3O5S/c1-13(24(34)36-3)37-19-10-15-6-4-5-14(15)9-17(19)23-18-11-16(7-8-20(18)38-30-23)32-22(33)12-21(26(27,28)29)31(2)25(32)35/h7-13H,4-6H2,1-3H3. The van der Waals surface area contributed by atoms with Gasteiger partial charge in [-0.3, -0.25) is 9.36 Å². The molecule has 2 aromatic heterocycles. The Labute approximate surface area is 218 Å². The number of hydrogen-bond donors (Lipinski definition) is 0. The summed E-state index contributed by atoms with van der Waals surface area (Å²) in [4.78, 5) is 37.5. The van der Waals surface area contributed by atoms with Crippen LogP contribution in [0.1, 0.15) is 30.2 Å². The van der Waals surface area contributed by atoms with Crippen LogP contribution in [0.15, 0.2) is 46.0 Å². The first-order chi connectivity index (χ1) is 18.0. The minimum absolute atomic E-state index is 0.102. The van der Waals surface area contributed by atoms with E-state index in [0.29, 0.717) is 37.6 Å². The zero-order chi connectivity index (χ0) is 27.4. The number of rotatable bonds is 5. The Balaban J connectivity index is 1.68. The van der Waals surface area contributed by atoms with Crippen LogP contribution in [0.3, 0.4) is 0 Å². The van der Waals surface area contributed by atoms with Crippen LogP contribution in [0.5, 0.6) is 5.75 Å². The van der Waals surface area contributed by atoms with Crippen LogP contribution < -0.4 is 16.0 Å². The zero-order valence-corrected chi connectivity index (χ0v) is 21.4. The van der Waals surface area contributed by atoms with Gasteiger partial charge in [0, 0.05) is 24.1 Å². The Bertz CT molecular complexity index is 1700. The molecule has 1 atom stereocenters. The van der Waals surface area contributed by atoms with Crippen molar-refractivity contribution in [3.05, 3.63) is 74.1 Å². The van der Waals surface area contributed by atoms with Crippen LogP contribution in [0.4, 0.5) is 13.2 Å². The number of benzene rings is 2. The minimum Gasteiger partial charge on any atom is -0.478 e. The number of fused-ring (bicyclic) bond motifs is 2. The van der Waals surface area contributed by atoms with Crippen LogP contribution in [0.2, 0.25) is 0 Å². The van der Waals surface area contributed by atoms with E-state index in [2.05, 4.69) is 4.37 Å². The molecule has 4 aromatic rings. The summed E-state index contributed by atoms with van der Waals surface area (Å²) in [5.74, 6) is -0.108. The van der Waals surface area contributed by atoms with Crippen molar-refractivity contribution in [1.82, 2.24) is 13.5 Å². The van der Waals surface area contributed by atoms with Gasteiger partial charge in [-0.15, -0.1) is 0 Å². The number of alkyl halides is 3. The largest absolute Gasteiger partial charge is 0.478 e. The van der Waals surface area contributed by atoms with Crippen molar-refractivity contribution in [2.75, 3.05) is 7.11 Å². The first-order valence-electron chi connectivity index (χ1n) is 11.7. The van der Waals surface area contributed by atoms with E-state index in [9.17, 15) is 27.6 Å². The van der Waals surface area contributed by atoms with Gasteiger partial charge in [0.05, 0.1) is 23.2 Å². The Morgan fingerprint density at radius 3 is 2.50 bits per heavy atom. The molecule has 0 saturated heterocycles. The molecular formula is C26H22F3N3O5S. The van der Waals surface area contributed by atoms with Crippen LogP contribution in [-0.4, -0.2) is 32.7 Å². The summed E-state index contributed by atoms with van der Waals surface area (Å²) in [5.41, 5.74) is -0.0838. The fourth-order valence-electron chi connectivity index (χ4n) is 4.68. The van der Waals surface area contributed by atoms with Crippen molar-refractivity contribution in [1.29, 1.82) is 0 Å². The number of aromatic nitrogens is 3. The van der Waals surface area contributed by atoms with Gasteiger partial charge in [-0.05, 0) is 79.2 Å². The summed E-state index contributed by atoms with van der Waals surface area (Å²) in [5, 5.41) is 0.579. The number of methoxy groups -OCH3 is 1. The molecule has 0 aliphatic heterocycles. The molecule has 1 aliphatic carbocycles. The average Bonchev–Trinajstić information content (AvgIpc) is 3.50. The van der Waals surface area contributed by atoms with E-state index >= 15 is 0 Å². The summed E-state index contributed by atoms with van der Waals surface area (Å²) in [7, 11) is 2.24. The van der Waals surface area contributed by atoms with Gasteiger partial charge >= 0.3 is 17.8 Å². The first-order valence-corrected chi connectivity index (χ1v) is 12.5. The maximum Gasteiger partial charge on any atom is 0.431 e. The second-order valence-electron chi connectivity index (χ2n) is 9.01. The van der Waals surface area contributed by atoms with Crippen LogP contribution in [-0.2, 0) is 35.6 Å². The fraction of sp³-hybridized carbons (Fsp3) is 0.308. The predicted molar refractivity (Wildman–Crippen MR) is 135 cm³/mol. The van der Waals surface area contributed by atoms with Gasteiger partial charge in [0.15, 0.2) is 6.10 Å². The summed E-state index contributed by atoms with van der Waals surface area (Å²) in [6, 6.07) is 8.94. The molecule has 198 valence electrons. The highest BCUT2D eigenvalue weighted by molar-refractivity contribution is 7.13. The number of nitrogens with zero attached hydrogens (tertiary/aromatic N) is 3. The molecule has 2 aromatic carbocycles. The zero-order valence-electron chi connectivity index (χ0n) is 20.6. The molecule has 38 heavy (non-hydrogen) atoms. The van der Waals surface area contributed by atoms with Gasteiger partial charge in [0.2, 0.25) is 0 Å². The van der Waals surface area contributed by atoms with Crippen molar-refractivity contribution in [3.63, 3.8) is 0 Å². The molecule has 12 heteroatoms. The predicted octanol–water partition coefficient (Wildman–Crippen LogP) is 4.26. The lowest BCUT2D eigenvalue weighted by Crippen LogP contribution is -2.40. The molecule has 1 aliphatic rings. The number of hydrogen-bond acceptors (Lipinski definition) is 7. The normalized spacial score (nSPS) is 13.9. The summed E-state index contributed by atoms with van der Waals surface area (Å²) < 4.78 is 57.1. The van der Waals surface area contributed by atoms with Crippen molar-refractivity contribution < 1.29 is 27.4 Å². The van der Waals surface area contributed by atoms with Gasteiger partial charge in [-0.2, -0.15) is 17.5 Å². The van der Waals surface area contributed by atoms with Crippen molar-refractivity contribution in [2.45, 2.75) is 38.5 Å². The minimum atomic E-state index is -4.86. The van der Waals surface area contributed by atoms with Crippen LogP contribution in [0.25, 0.3) is 27.0 Å². The van der Waals surface area contributed by atoms with E-state index in [-0.39, 0.29) is 5.69 Å². The van der Waals surface area contributed by atoms with Crippen molar-refractivity contribution in [2.24, 2.45) is 7.05 Å². The number of carbonyl (C=O) groups is 1. The fourth-order valence-corrected chi connectivity index (χ4v) is 5.45.